The molecule has 35 heavy (non-hydrogen) atoms. The molecule has 2 N–H and O–H groups in total. The number of nitrogen functional groups attached to an aromatic ring is 1. The minimum Gasteiger partial charge on any atom is -0.462 e. The van der Waals surface area contributed by atoms with E-state index in [1.54, 1.807) is 26.0 Å². The molecule has 12 heteroatoms. The van der Waals surface area contributed by atoms with Gasteiger partial charge in [0, 0.05) is 17.8 Å². The van der Waals surface area contributed by atoms with Crippen molar-refractivity contribution in [3.05, 3.63) is 80.3 Å². The number of amides is 1. The number of nitro benzene ring substituents is 1. The number of hydrogen-bond acceptors (Lipinski definition) is 10. The molecule has 0 aliphatic heterocycles. The van der Waals surface area contributed by atoms with Crippen LogP contribution in [0.3, 0.4) is 0 Å². The topological polar surface area (TPSA) is 155 Å². The minimum atomic E-state index is -0.984. The Hall–Kier alpha value is -4.32. The molecule has 182 valence electrons. The molecule has 0 unspecified atom stereocenters. The minimum absolute atomic E-state index is 0.0242. The van der Waals surface area contributed by atoms with E-state index < -0.39 is 29.4 Å². The molecule has 1 amide bonds. The van der Waals surface area contributed by atoms with Crippen molar-refractivity contribution in [2.45, 2.75) is 20.4 Å². The fourth-order valence-corrected chi connectivity index (χ4v) is 4.01. The number of anilines is 2. The number of aryl methyl sites for hydroxylation is 1. The number of nitrogens with zero attached hydrogens (tertiary/aromatic N) is 3. The fraction of sp³-hybridized carbons (Fsp3) is 0.217. The van der Waals surface area contributed by atoms with Gasteiger partial charge in [0.2, 0.25) is 0 Å². The van der Waals surface area contributed by atoms with Gasteiger partial charge in [-0.1, -0.05) is 41.7 Å². The van der Waals surface area contributed by atoms with Crippen molar-refractivity contribution in [2.24, 2.45) is 0 Å². The summed E-state index contributed by atoms with van der Waals surface area (Å²) in [6.45, 7) is 2.92. The average Bonchev–Trinajstić information content (AvgIpc) is 3.23. The summed E-state index contributed by atoms with van der Waals surface area (Å²) in [6, 6.07) is 12.4. The van der Waals surface area contributed by atoms with E-state index in [1.165, 1.54) is 11.0 Å². The number of aromatic nitrogens is 1. The number of hydrogen-bond donors (Lipinski definition) is 1. The number of nitrogens with two attached hydrogens (primary N) is 1. The Morgan fingerprint density at radius 2 is 1.83 bits per heavy atom. The van der Waals surface area contributed by atoms with Gasteiger partial charge in [0.15, 0.2) is 11.7 Å². The van der Waals surface area contributed by atoms with Crippen LogP contribution in [0.4, 0.5) is 16.5 Å². The molecule has 2 aromatic carbocycles. The van der Waals surface area contributed by atoms with Crippen molar-refractivity contribution in [3.8, 4) is 0 Å². The maximum Gasteiger partial charge on any atom is 0.350 e. The zero-order chi connectivity index (χ0) is 25.5. The van der Waals surface area contributed by atoms with E-state index in [0.717, 1.165) is 29.0 Å². The van der Waals surface area contributed by atoms with Crippen molar-refractivity contribution in [3.63, 3.8) is 0 Å². The number of benzene rings is 2. The second-order valence-electron chi connectivity index (χ2n) is 7.20. The van der Waals surface area contributed by atoms with E-state index >= 15 is 0 Å². The average molecular weight is 499 g/mol. The van der Waals surface area contributed by atoms with E-state index in [1.807, 2.05) is 18.2 Å². The maximum absolute atomic E-state index is 13.1. The quantitative estimate of drug-likeness (QED) is 0.202. The van der Waals surface area contributed by atoms with E-state index in [2.05, 4.69) is 4.98 Å². The summed E-state index contributed by atoms with van der Waals surface area (Å²) in [7, 11) is 0. The van der Waals surface area contributed by atoms with Crippen molar-refractivity contribution >= 4 is 45.7 Å². The van der Waals surface area contributed by atoms with Crippen LogP contribution in [0.25, 0.3) is 0 Å². The predicted molar refractivity (Wildman–Crippen MR) is 128 cm³/mol. The Morgan fingerprint density at radius 1 is 1.11 bits per heavy atom. The molecular weight excluding hydrogens is 476 g/mol. The van der Waals surface area contributed by atoms with Crippen LogP contribution < -0.4 is 10.6 Å². The van der Waals surface area contributed by atoms with Crippen molar-refractivity contribution < 1.29 is 28.8 Å². The lowest BCUT2D eigenvalue weighted by Crippen LogP contribution is -2.34. The van der Waals surface area contributed by atoms with Crippen LogP contribution in [-0.2, 0) is 20.8 Å². The van der Waals surface area contributed by atoms with Crippen molar-refractivity contribution in [2.75, 3.05) is 23.8 Å². The second-order valence-corrected chi connectivity index (χ2v) is 8.18. The van der Waals surface area contributed by atoms with E-state index in [4.69, 9.17) is 15.2 Å². The molecule has 3 rings (SSSR count). The number of nitro groups is 1. The second kappa shape index (κ2) is 11.2. The summed E-state index contributed by atoms with van der Waals surface area (Å²) >= 11 is 0.985. The van der Waals surface area contributed by atoms with Crippen LogP contribution >= 0.6 is 11.3 Å². The third-order valence-electron chi connectivity index (χ3n) is 4.76. The lowest BCUT2D eigenvalue weighted by molar-refractivity contribution is -0.384. The molecule has 0 radical (unpaired) electrons. The lowest BCUT2D eigenvalue weighted by Gasteiger charge is -2.20. The Morgan fingerprint density at radius 3 is 2.49 bits per heavy atom. The number of rotatable bonds is 9. The molecule has 1 heterocycles. The van der Waals surface area contributed by atoms with Gasteiger partial charge in [-0.25, -0.2) is 14.6 Å². The van der Waals surface area contributed by atoms with Crippen LogP contribution in [0.5, 0.6) is 0 Å². The van der Waals surface area contributed by atoms with E-state index in [9.17, 15) is 24.5 Å². The van der Waals surface area contributed by atoms with Gasteiger partial charge in [0.1, 0.15) is 4.88 Å². The van der Waals surface area contributed by atoms with Gasteiger partial charge >= 0.3 is 11.9 Å². The Kier molecular flexibility index (Phi) is 8.10. The molecule has 0 spiro atoms. The summed E-state index contributed by atoms with van der Waals surface area (Å²) in [6.07, 6.45) is 0. The molecule has 0 saturated heterocycles. The van der Waals surface area contributed by atoms with Gasteiger partial charge in [-0.05, 0) is 25.5 Å². The number of ether oxygens (including phenoxy) is 2. The highest BCUT2D eigenvalue weighted by Gasteiger charge is 2.26. The third-order valence-corrected chi connectivity index (χ3v) is 5.92. The molecule has 0 aliphatic rings. The first-order valence-corrected chi connectivity index (χ1v) is 11.2. The Labute approximate surface area is 204 Å². The van der Waals surface area contributed by atoms with Gasteiger partial charge < -0.3 is 15.2 Å². The standard InChI is InChI=1S/C23H22N4O7S/c1-3-33-22(30)20-14(2)25-23(35-20)26(12-15-7-5-4-6-8-15)19(28)13-34-21(29)17-11-16(27(31)32)9-10-18(17)24/h4-11H,3,12-13,24H2,1-2H3. The highest BCUT2D eigenvalue weighted by atomic mass is 32.1. The molecular formula is C23H22N4O7S. The van der Waals surface area contributed by atoms with Crippen LogP contribution in [0.15, 0.2) is 48.5 Å². The molecule has 0 aliphatic carbocycles. The molecule has 11 nitrogen and oxygen atoms in total. The number of carbonyl (C=O) groups is 3. The number of esters is 2. The maximum atomic E-state index is 13.1. The van der Waals surface area contributed by atoms with Gasteiger partial charge in [0.05, 0.1) is 29.3 Å². The lowest BCUT2D eigenvalue weighted by atomic mass is 10.1. The summed E-state index contributed by atoms with van der Waals surface area (Å²) in [5, 5.41) is 11.2. The van der Waals surface area contributed by atoms with Gasteiger partial charge in [-0.15, -0.1) is 0 Å². The van der Waals surface area contributed by atoms with Crippen LogP contribution in [0.1, 0.15) is 38.2 Å². The predicted octanol–water partition coefficient (Wildman–Crippen LogP) is 3.51. The van der Waals surface area contributed by atoms with Gasteiger partial charge in [0.25, 0.3) is 11.6 Å². The summed E-state index contributed by atoms with van der Waals surface area (Å²) in [4.78, 5) is 54.1. The monoisotopic (exact) mass is 498 g/mol. The molecule has 0 atom stereocenters. The van der Waals surface area contributed by atoms with Crippen molar-refractivity contribution in [1.82, 2.24) is 4.98 Å². The summed E-state index contributed by atoms with van der Waals surface area (Å²) in [5.41, 5.74) is 6.34. The third kappa shape index (κ3) is 6.18. The first-order chi connectivity index (χ1) is 16.7. The van der Waals surface area contributed by atoms with Crippen LogP contribution in [0.2, 0.25) is 0 Å². The molecule has 1 aromatic heterocycles. The highest BCUT2D eigenvalue weighted by molar-refractivity contribution is 7.17. The zero-order valence-electron chi connectivity index (χ0n) is 18.9. The summed E-state index contributed by atoms with van der Waals surface area (Å²) in [5.74, 6) is -2.15. The van der Waals surface area contributed by atoms with Crippen LogP contribution in [0, 0.1) is 17.0 Å². The summed E-state index contributed by atoms with van der Waals surface area (Å²) < 4.78 is 10.2. The van der Waals surface area contributed by atoms with E-state index in [-0.39, 0.29) is 40.1 Å². The number of carbonyl (C=O) groups excluding carboxylic acids is 3. The first kappa shape index (κ1) is 25.3. The molecule has 3 aromatic rings. The van der Waals surface area contributed by atoms with Crippen molar-refractivity contribution in [1.29, 1.82) is 0 Å². The Bertz CT molecular complexity index is 1260. The van der Waals surface area contributed by atoms with Gasteiger partial charge in [-0.2, -0.15) is 0 Å². The van der Waals surface area contributed by atoms with E-state index in [0.29, 0.717) is 5.69 Å². The molecule has 0 fully saturated rings. The normalized spacial score (nSPS) is 10.5. The fourth-order valence-electron chi connectivity index (χ4n) is 3.03. The smallest absolute Gasteiger partial charge is 0.350 e. The Balaban J connectivity index is 1.83. The molecule has 0 bridgehead atoms. The molecule has 0 saturated carbocycles. The van der Waals surface area contributed by atoms with Crippen LogP contribution in [-0.4, -0.2) is 41.0 Å². The highest BCUT2D eigenvalue weighted by Crippen LogP contribution is 2.28. The van der Waals surface area contributed by atoms with Gasteiger partial charge in [-0.3, -0.25) is 19.8 Å². The zero-order valence-corrected chi connectivity index (χ0v) is 19.7. The largest absolute Gasteiger partial charge is 0.462 e. The SMILES string of the molecule is CCOC(=O)c1sc(N(Cc2ccccc2)C(=O)COC(=O)c2cc([N+](=O)[O-])ccc2N)nc1C. The number of thiazole rings is 1. The number of non-ortho nitro benzene ring substituents is 1. The first-order valence-electron chi connectivity index (χ1n) is 10.4.